The van der Waals surface area contributed by atoms with Crippen LogP contribution in [0.25, 0.3) is 0 Å². The average molecular weight is 232 g/mol. The maximum absolute atomic E-state index is 4.32. The first-order valence-electron chi connectivity index (χ1n) is 6.62. The van der Waals surface area contributed by atoms with Gasteiger partial charge < -0.3 is 10.2 Å². The minimum absolute atomic E-state index is 0.680. The van der Waals surface area contributed by atoms with Crippen molar-refractivity contribution in [2.24, 2.45) is 0 Å². The zero-order chi connectivity index (χ0) is 11.7. The van der Waals surface area contributed by atoms with Crippen molar-refractivity contribution in [2.75, 3.05) is 11.9 Å². The molecule has 0 radical (unpaired) electrons. The van der Waals surface area contributed by atoms with E-state index < -0.39 is 0 Å². The van der Waals surface area contributed by atoms with Crippen molar-refractivity contribution in [3.8, 4) is 0 Å². The van der Waals surface area contributed by atoms with E-state index in [0.29, 0.717) is 6.04 Å². The number of anilines is 1. The lowest BCUT2D eigenvalue weighted by molar-refractivity contribution is 0.398. The summed E-state index contributed by atoms with van der Waals surface area (Å²) in [4.78, 5) is 2.26. The summed E-state index contributed by atoms with van der Waals surface area (Å²) in [5.41, 5.74) is 1.04. The van der Waals surface area contributed by atoms with Gasteiger partial charge in [-0.25, -0.2) is 0 Å². The molecule has 0 aromatic carbocycles. The Morgan fingerprint density at radius 2 is 2.06 bits per heavy atom. The van der Waals surface area contributed by atoms with Crippen LogP contribution < -0.4 is 10.2 Å². The molecule has 2 aliphatic carbocycles. The molecule has 4 heteroatoms. The van der Waals surface area contributed by atoms with Gasteiger partial charge in [-0.2, -0.15) is 5.10 Å². The number of nitrogens with zero attached hydrogens (tertiary/aromatic N) is 3. The maximum atomic E-state index is 4.32. The van der Waals surface area contributed by atoms with Crippen LogP contribution >= 0.6 is 0 Å². The Hall–Kier alpha value is -1.16. The van der Waals surface area contributed by atoms with Gasteiger partial charge in [0.05, 0.1) is 5.69 Å². The molecule has 1 aromatic rings. The first-order chi connectivity index (χ1) is 8.33. The lowest BCUT2D eigenvalue weighted by atomic mass is 9.92. The third kappa shape index (κ3) is 2.57. The third-order valence-electron chi connectivity index (χ3n) is 3.84. The predicted molar refractivity (Wildman–Crippen MR) is 67.9 cm³/mol. The zero-order valence-electron chi connectivity index (χ0n) is 10.4. The summed E-state index contributed by atoms with van der Waals surface area (Å²) in [6.07, 6.45) is 6.57. The topological polar surface area (TPSA) is 41.0 Å². The molecule has 2 aliphatic rings. The van der Waals surface area contributed by atoms with Crippen molar-refractivity contribution in [1.82, 2.24) is 15.5 Å². The van der Waals surface area contributed by atoms with Crippen LogP contribution in [0, 0.1) is 0 Å². The summed E-state index contributed by atoms with van der Waals surface area (Å²) in [5, 5.41) is 12.1. The van der Waals surface area contributed by atoms with Crippen molar-refractivity contribution in [1.29, 1.82) is 0 Å². The van der Waals surface area contributed by atoms with Crippen molar-refractivity contribution in [2.45, 2.75) is 50.7 Å². The van der Waals surface area contributed by atoms with Gasteiger partial charge in [-0.05, 0) is 44.2 Å². The minimum atomic E-state index is 0.680. The molecule has 2 fully saturated rings. The first-order valence-corrected chi connectivity index (χ1v) is 6.62. The molecule has 1 aromatic heterocycles. The van der Waals surface area contributed by atoms with Crippen LogP contribution in [-0.2, 0) is 6.54 Å². The Morgan fingerprint density at radius 1 is 1.24 bits per heavy atom. The van der Waals surface area contributed by atoms with Crippen LogP contribution in [0.3, 0.4) is 0 Å². The Balaban J connectivity index is 1.57. The number of hydrogen-bond donors (Lipinski definition) is 1. The van der Waals surface area contributed by atoms with E-state index in [1.807, 2.05) is 0 Å². The summed E-state index contributed by atoms with van der Waals surface area (Å²) in [5.74, 6) is 1.00. The number of nitrogens with one attached hydrogen (secondary N) is 1. The number of aromatic nitrogens is 2. The summed E-state index contributed by atoms with van der Waals surface area (Å²) < 4.78 is 0. The van der Waals surface area contributed by atoms with Crippen molar-refractivity contribution >= 4 is 5.82 Å². The van der Waals surface area contributed by atoms with Gasteiger partial charge in [-0.15, -0.1) is 5.10 Å². The van der Waals surface area contributed by atoms with E-state index in [1.165, 1.54) is 32.1 Å². The third-order valence-corrected chi connectivity index (χ3v) is 3.84. The molecular weight excluding hydrogens is 212 g/mol. The normalized spacial score (nSPS) is 20.1. The fraction of sp³-hybridized carbons (Fsp3) is 0.692. The second-order valence-electron chi connectivity index (χ2n) is 5.23. The van der Waals surface area contributed by atoms with Gasteiger partial charge in [0, 0.05) is 25.7 Å². The molecular formula is C13H20N4. The van der Waals surface area contributed by atoms with E-state index in [2.05, 4.69) is 39.6 Å². The van der Waals surface area contributed by atoms with Crippen molar-refractivity contribution in [3.63, 3.8) is 0 Å². The highest BCUT2D eigenvalue weighted by atomic mass is 15.3. The molecule has 0 unspecified atom stereocenters. The van der Waals surface area contributed by atoms with E-state index in [-0.39, 0.29) is 0 Å². The predicted octanol–water partition coefficient (Wildman–Crippen LogP) is 1.72. The van der Waals surface area contributed by atoms with E-state index >= 15 is 0 Å². The van der Waals surface area contributed by atoms with Crippen LogP contribution in [-0.4, -0.2) is 29.3 Å². The Labute approximate surface area is 102 Å². The van der Waals surface area contributed by atoms with Crippen LogP contribution in [0.15, 0.2) is 12.1 Å². The van der Waals surface area contributed by atoms with E-state index in [1.54, 1.807) is 0 Å². The van der Waals surface area contributed by atoms with Crippen molar-refractivity contribution in [3.05, 3.63) is 17.8 Å². The fourth-order valence-electron chi connectivity index (χ4n) is 2.13. The van der Waals surface area contributed by atoms with Gasteiger partial charge >= 0.3 is 0 Å². The standard InChI is InChI=1S/C13H20N4/c1-17(12-3-2-4-12)13-8-7-11(15-16-13)9-14-10-5-6-10/h7-8,10,12,14H,2-6,9H2,1H3. The molecule has 0 bridgehead atoms. The van der Waals surface area contributed by atoms with E-state index in [9.17, 15) is 0 Å². The van der Waals surface area contributed by atoms with Gasteiger partial charge in [0.15, 0.2) is 5.82 Å². The molecule has 3 rings (SSSR count). The molecule has 0 spiro atoms. The SMILES string of the molecule is CN(c1ccc(CNC2CC2)nn1)C1CCC1. The van der Waals surface area contributed by atoms with Gasteiger partial charge in [0.25, 0.3) is 0 Å². The zero-order valence-corrected chi connectivity index (χ0v) is 10.4. The highest BCUT2D eigenvalue weighted by Crippen LogP contribution is 2.26. The Kier molecular flexibility index (Phi) is 2.97. The maximum Gasteiger partial charge on any atom is 0.151 e. The second-order valence-corrected chi connectivity index (χ2v) is 5.23. The summed E-state index contributed by atoms with van der Waals surface area (Å²) in [6.45, 7) is 0.852. The van der Waals surface area contributed by atoms with Gasteiger partial charge in [-0.3, -0.25) is 0 Å². The highest BCUT2D eigenvalue weighted by molar-refractivity contribution is 5.38. The molecule has 92 valence electrons. The monoisotopic (exact) mass is 232 g/mol. The second kappa shape index (κ2) is 4.61. The average Bonchev–Trinajstić information content (AvgIpc) is 3.08. The van der Waals surface area contributed by atoms with Crippen LogP contribution in [0.4, 0.5) is 5.82 Å². The Bertz CT molecular complexity index is 368. The van der Waals surface area contributed by atoms with Crippen LogP contribution in [0.1, 0.15) is 37.8 Å². The lowest BCUT2D eigenvalue weighted by Gasteiger charge is -2.35. The molecule has 0 amide bonds. The molecule has 1 N–H and O–H groups in total. The largest absolute Gasteiger partial charge is 0.355 e. The molecule has 0 atom stereocenters. The minimum Gasteiger partial charge on any atom is -0.355 e. The highest BCUT2D eigenvalue weighted by Gasteiger charge is 2.23. The first kappa shape index (κ1) is 11.0. The Morgan fingerprint density at radius 3 is 2.59 bits per heavy atom. The molecule has 0 saturated heterocycles. The molecule has 4 nitrogen and oxygen atoms in total. The molecule has 2 saturated carbocycles. The summed E-state index contributed by atoms with van der Waals surface area (Å²) in [6, 6.07) is 5.59. The van der Waals surface area contributed by atoms with Gasteiger partial charge in [0.2, 0.25) is 0 Å². The van der Waals surface area contributed by atoms with Gasteiger partial charge in [-0.1, -0.05) is 0 Å². The molecule has 1 heterocycles. The number of rotatable bonds is 5. The van der Waals surface area contributed by atoms with E-state index in [4.69, 9.17) is 0 Å². The summed E-state index contributed by atoms with van der Waals surface area (Å²) in [7, 11) is 2.12. The quantitative estimate of drug-likeness (QED) is 0.839. The van der Waals surface area contributed by atoms with E-state index in [0.717, 1.165) is 24.1 Å². The fourth-order valence-corrected chi connectivity index (χ4v) is 2.13. The molecule has 17 heavy (non-hydrogen) atoms. The number of hydrogen-bond acceptors (Lipinski definition) is 4. The summed E-state index contributed by atoms with van der Waals surface area (Å²) >= 11 is 0. The molecule has 0 aliphatic heterocycles. The van der Waals surface area contributed by atoms with Crippen LogP contribution in [0.2, 0.25) is 0 Å². The smallest absolute Gasteiger partial charge is 0.151 e. The lowest BCUT2D eigenvalue weighted by Crippen LogP contribution is -2.37. The van der Waals surface area contributed by atoms with Crippen molar-refractivity contribution < 1.29 is 0 Å². The van der Waals surface area contributed by atoms with Crippen LogP contribution in [0.5, 0.6) is 0 Å². The van der Waals surface area contributed by atoms with Gasteiger partial charge in [0.1, 0.15) is 0 Å².